The molecule has 0 unspecified atom stereocenters. The van der Waals surface area contributed by atoms with E-state index in [1.54, 1.807) is 0 Å². The molecule has 1 aromatic carbocycles. The highest BCUT2D eigenvalue weighted by Gasteiger charge is 2.03. The second kappa shape index (κ2) is 14.8. The summed E-state index contributed by atoms with van der Waals surface area (Å²) in [5.74, 6) is 0.696. The van der Waals surface area contributed by atoms with Crippen LogP contribution in [0.1, 0.15) is 90.9 Å². The standard InChI is InChI=1S/C22H37NO2/c1-3-4-5-6-7-8-9-10-11-12-13-16-19-25-22-18-15-14-17-21(22)23-20(2)24/h14-15,17-18H,3-13,16,19H2,1-2H3,(H,23,24). The number of rotatable bonds is 15. The SMILES string of the molecule is CCCCCCCCCCCCCCOc1ccccc1NC(C)=O. The maximum Gasteiger partial charge on any atom is 0.221 e. The monoisotopic (exact) mass is 347 g/mol. The Balaban J connectivity index is 1.96. The summed E-state index contributed by atoms with van der Waals surface area (Å²) in [7, 11) is 0. The van der Waals surface area contributed by atoms with Crippen LogP contribution < -0.4 is 10.1 Å². The minimum atomic E-state index is -0.0681. The Kier molecular flexibility index (Phi) is 12.7. The number of amides is 1. The number of unbranched alkanes of at least 4 members (excludes halogenated alkanes) is 11. The van der Waals surface area contributed by atoms with Crippen LogP contribution in [0, 0.1) is 0 Å². The van der Waals surface area contributed by atoms with E-state index in [1.807, 2.05) is 24.3 Å². The van der Waals surface area contributed by atoms with Gasteiger partial charge < -0.3 is 10.1 Å². The minimum absolute atomic E-state index is 0.0681. The molecular weight excluding hydrogens is 310 g/mol. The lowest BCUT2D eigenvalue weighted by atomic mass is 10.1. The average Bonchev–Trinajstić information content (AvgIpc) is 2.60. The van der Waals surface area contributed by atoms with E-state index < -0.39 is 0 Å². The van der Waals surface area contributed by atoms with Gasteiger partial charge in [0.2, 0.25) is 5.91 Å². The van der Waals surface area contributed by atoms with Crippen molar-refractivity contribution in [1.29, 1.82) is 0 Å². The largest absolute Gasteiger partial charge is 0.491 e. The van der Waals surface area contributed by atoms with E-state index in [-0.39, 0.29) is 5.91 Å². The maximum atomic E-state index is 11.2. The first-order chi connectivity index (χ1) is 12.2. The number of anilines is 1. The van der Waals surface area contributed by atoms with E-state index in [4.69, 9.17) is 4.74 Å². The first-order valence-corrected chi connectivity index (χ1v) is 10.2. The molecule has 0 fully saturated rings. The topological polar surface area (TPSA) is 38.3 Å². The molecule has 1 N–H and O–H groups in total. The van der Waals surface area contributed by atoms with Crippen molar-refractivity contribution in [1.82, 2.24) is 0 Å². The number of hydrogen-bond acceptors (Lipinski definition) is 2. The first-order valence-electron chi connectivity index (χ1n) is 10.2. The number of ether oxygens (including phenoxy) is 1. The number of benzene rings is 1. The third-order valence-corrected chi connectivity index (χ3v) is 4.45. The predicted octanol–water partition coefficient (Wildman–Crippen LogP) is 6.72. The highest BCUT2D eigenvalue weighted by Crippen LogP contribution is 2.24. The predicted molar refractivity (Wildman–Crippen MR) is 107 cm³/mol. The van der Waals surface area contributed by atoms with Crippen LogP contribution in [-0.4, -0.2) is 12.5 Å². The molecule has 0 saturated carbocycles. The summed E-state index contributed by atoms with van der Waals surface area (Å²) in [4.78, 5) is 11.2. The van der Waals surface area contributed by atoms with E-state index in [9.17, 15) is 4.79 Å². The number of carbonyl (C=O) groups is 1. The van der Waals surface area contributed by atoms with E-state index in [2.05, 4.69) is 12.2 Å². The van der Waals surface area contributed by atoms with E-state index in [0.717, 1.165) is 17.9 Å². The molecule has 25 heavy (non-hydrogen) atoms. The van der Waals surface area contributed by atoms with Crippen molar-refractivity contribution in [3.63, 3.8) is 0 Å². The van der Waals surface area contributed by atoms with Crippen LogP contribution in [0.3, 0.4) is 0 Å². The van der Waals surface area contributed by atoms with Gasteiger partial charge in [-0.2, -0.15) is 0 Å². The summed E-state index contributed by atoms with van der Waals surface area (Å²) in [6.45, 7) is 4.50. The second-order valence-corrected chi connectivity index (χ2v) is 6.91. The molecule has 0 aliphatic carbocycles. The fourth-order valence-corrected chi connectivity index (χ4v) is 3.01. The third kappa shape index (κ3) is 11.6. The molecule has 0 saturated heterocycles. The van der Waals surface area contributed by atoms with Gasteiger partial charge in [0.25, 0.3) is 0 Å². The minimum Gasteiger partial charge on any atom is -0.491 e. The summed E-state index contributed by atoms with van der Waals surface area (Å²) < 4.78 is 5.82. The van der Waals surface area contributed by atoms with Crippen LogP contribution in [0.25, 0.3) is 0 Å². The molecule has 3 nitrogen and oxygen atoms in total. The number of nitrogens with one attached hydrogen (secondary N) is 1. The zero-order chi connectivity index (χ0) is 18.2. The number of hydrogen-bond donors (Lipinski definition) is 1. The molecule has 1 rings (SSSR count). The van der Waals surface area contributed by atoms with Crippen LogP contribution in [0.4, 0.5) is 5.69 Å². The average molecular weight is 348 g/mol. The Morgan fingerprint density at radius 2 is 1.36 bits per heavy atom. The van der Waals surface area contributed by atoms with E-state index >= 15 is 0 Å². The molecule has 0 aliphatic heterocycles. The Morgan fingerprint density at radius 3 is 1.92 bits per heavy atom. The summed E-state index contributed by atoms with van der Waals surface area (Å²) in [6.07, 6.45) is 16.1. The fraction of sp³-hybridized carbons (Fsp3) is 0.682. The Bertz CT molecular complexity index is 459. The Labute approximate surface area is 154 Å². The van der Waals surface area contributed by atoms with Crippen molar-refractivity contribution in [2.24, 2.45) is 0 Å². The molecule has 0 spiro atoms. The van der Waals surface area contributed by atoms with Crippen molar-refractivity contribution < 1.29 is 9.53 Å². The van der Waals surface area contributed by atoms with Gasteiger partial charge in [0.15, 0.2) is 0 Å². The molecule has 0 aliphatic rings. The molecule has 0 heterocycles. The van der Waals surface area contributed by atoms with Crippen LogP contribution in [0.15, 0.2) is 24.3 Å². The quantitative estimate of drug-likeness (QED) is 0.357. The smallest absolute Gasteiger partial charge is 0.221 e. The van der Waals surface area contributed by atoms with Crippen LogP contribution >= 0.6 is 0 Å². The summed E-state index contributed by atoms with van der Waals surface area (Å²) in [5.41, 5.74) is 0.758. The van der Waals surface area contributed by atoms with Gasteiger partial charge in [-0.25, -0.2) is 0 Å². The van der Waals surface area contributed by atoms with E-state index in [0.29, 0.717) is 6.61 Å². The van der Waals surface area contributed by atoms with Gasteiger partial charge in [-0.15, -0.1) is 0 Å². The molecule has 0 atom stereocenters. The highest BCUT2D eigenvalue weighted by atomic mass is 16.5. The zero-order valence-electron chi connectivity index (χ0n) is 16.3. The van der Waals surface area contributed by atoms with Crippen molar-refractivity contribution in [2.45, 2.75) is 90.9 Å². The van der Waals surface area contributed by atoms with Gasteiger partial charge in [-0.05, 0) is 18.6 Å². The fourth-order valence-electron chi connectivity index (χ4n) is 3.01. The molecule has 0 bridgehead atoms. The molecule has 0 radical (unpaired) electrons. The van der Waals surface area contributed by atoms with Crippen LogP contribution in [-0.2, 0) is 4.79 Å². The third-order valence-electron chi connectivity index (χ3n) is 4.45. The molecule has 142 valence electrons. The molecule has 1 amide bonds. The Morgan fingerprint density at radius 1 is 0.840 bits per heavy atom. The summed E-state index contributed by atoms with van der Waals surface area (Å²) in [6, 6.07) is 7.62. The normalized spacial score (nSPS) is 10.6. The number of para-hydroxylation sites is 2. The lowest BCUT2D eigenvalue weighted by Crippen LogP contribution is -2.08. The van der Waals surface area contributed by atoms with Crippen LogP contribution in [0.2, 0.25) is 0 Å². The first kappa shape index (κ1) is 21.5. The molecule has 1 aromatic rings. The summed E-state index contributed by atoms with van der Waals surface area (Å²) in [5, 5.41) is 2.81. The number of carbonyl (C=O) groups excluding carboxylic acids is 1. The van der Waals surface area contributed by atoms with Crippen LogP contribution in [0.5, 0.6) is 5.75 Å². The van der Waals surface area contributed by atoms with Crippen molar-refractivity contribution in [3.8, 4) is 5.75 Å². The summed E-state index contributed by atoms with van der Waals surface area (Å²) >= 11 is 0. The van der Waals surface area contributed by atoms with Gasteiger partial charge in [0, 0.05) is 6.92 Å². The molecule has 0 aromatic heterocycles. The highest BCUT2D eigenvalue weighted by molar-refractivity contribution is 5.90. The van der Waals surface area contributed by atoms with E-state index in [1.165, 1.54) is 77.6 Å². The van der Waals surface area contributed by atoms with Gasteiger partial charge in [-0.3, -0.25) is 4.79 Å². The second-order valence-electron chi connectivity index (χ2n) is 6.91. The lowest BCUT2D eigenvalue weighted by molar-refractivity contribution is -0.114. The lowest BCUT2D eigenvalue weighted by Gasteiger charge is -2.11. The van der Waals surface area contributed by atoms with Gasteiger partial charge >= 0.3 is 0 Å². The van der Waals surface area contributed by atoms with Crippen molar-refractivity contribution >= 4 is 11.6 Å². The van der Waals surface area contributed by atoms with Gasteiger partial charge in [0.05, 0.1) is 12.3 Å². The van der Waals surface area contributed by atoms with Gasteiger partial charge in [0.1, 0.15) is 5.75 Å². The van der Waals surface area contributed by atoms with Gasteiger partial charge in [-0.1, -0.05) is 89.7 Å². The Hall–Kier alpha value is -1.51. The molecular formula is C22H37NO2. The zero-order valence-corrected chi connectivity index (χ0v) is 16.3. The maximum absolute atomic E-state index is 11.2. The molecule has 3 heteroatoms. The van der Waals surface area contributed by atoms with Crippen molar-refractivity contribution in [2.75, 3.05) is 11.9 Å². The van der Waals surface area contributed by atoms with Crippen molar-refractivity contribution in [3.05, 3.63) is 24.3 Å².